The van der Waals surface area contributed by atoms with Crippen LogP contribution in [0.1, 0.15) is 11.1 Å². The highest BCUT2D eigenvalue weighted by atomic mass is 16.5. The van der Waals surface area contributed by atoms with E-state index in [1.807, 2.05) is 24.3 Å². The number of nitrogens with one attached hydrogen (secondary N) is 1. The number of hydrogen-bond acceptors (Lipinski definition) is 8. The Morgan fingerprint density at radius 2 is 1.86 bits per heavy atom. The van der Waals surface area contributed by atoms with Crippen LogP contribution in [0.2, 0.25) is 0 Å². The third-order valence-electron chi connectivity index (χ3n) is 4.82. The van der Waals surface area contributed by atoms with Crippen LogP contribution in [-0.2, 0) is 4.74 Å². The third kappa shape index (κ3) is 3.88. The monoisotopic (exact) mass is 390 g/mol. The molecular formula is C21H22N6O2. The normalized spacial score (nSPS) is 13.9. The Balaban J connectivity index is 1.69. The van der Waals surface area contributed by atoms with E-state index in [4.69, 9.17) is 20.6 Å². The van der Waals surface area contributed by atoms with Gasteiger partial charge in [-0.1, -0.05) is 6.07 Å². The lowest BCUT2D eigenvalue weighted by molar-refractivity contribution is 0.122. The zero-order valence-electron chi connectivity index (χ0n) is 16.1. The van der Waals surface area contributed by atoms with Crippen LogP contribution in [0, 0.1) is 5.41 Å². The molecule has 3 N–H and O–H groups in total. The molecule has 29 heavy (non-hydrogen) atoms. The Labute approximate surface area is 168 Å². The topological polar surface area (TPSA) is 110 Å². The number of nitrogens with zero attached hydrogens (tertiary/aromatic N) is 4. The van der Waals surface area contributed by atoms with Gasteiger partial charge in [0.2, 0.25) is 5.88 Å². The van der Waals surface area contributed by atoms with Crippen molar-refractivity contribution < 1.29 is 9.47 Å². The maximum absolute atomic E-state index is 8.76. The molecule has 1 fully saturated rings. The lowest BCUT2D eigenvalue weighted by Crippen LogP contribution is -2.36. The molecule has 0 spiro atoms. The van der Waals surface area contributed by atoms with Crippen LogP contribution in [0.3, 0.4) is 0 Å². The molecule has 4 rings (SSSR count). The van der Waals surface area contributed by atoms with E-state index >= 15 is 0 Å². The van der Waals surface area contributed by atoms with E-state index in [0.29, 0.717) is 41.8 Å². The first-order valence-electron chi connectivity index (χ1n) is 9.30. The molecule has 8 heteroatoms. The van der Waals surface area contributed by atoms with Gasteiger partial charge < -0.3 is 20.1 Å². The van der Waals surface area contributed by atoms with Gasteiger partial charge in [0, 0.05) is 54.1 Å². The first kappa shape index (κ1) is 18.8. The van der Waals surface area contributed by atoms with E-state index in [0.717, 1.165) is 30.0 Å². The van der Waals surface area contributed by atoms with Gasteiger partial charge in [-0.2, -0.15) is 0 Å². The molecule has 0 bridgehead atoms. The molecule has 2 aromatic heterocycles. The molecule has 1 aliphatic rings. The first-order chi connectivity index (χ1) is 14.2. The lowest BCUT2D eigenvalue weighted by Gasteiger charge is -2.28. The highest BCUT2D eigenvalue weighted by Gasteiger charge is 2.17. The zero-order valence-corrected chi connectivity index (χ0v) is 16.1. The summed E-state index contributed by atoms with van der Waals surface area (Å²) in [5.41, 5.74) is 9.80. The second kappa shape index (κ2) is 8.24. The van der Waals surface area contributed by atoms with Crippen molar-refractivity contribution in [1.82, 2.24) is 15.0 Å². The fraction of sp³-hybridized carbons (Fsp3) is 0.238. The number of morpholine rings is 1. The maximum Gasteiger partial charge on any atom is 0.240 e. The van der Waals surface area contributed by atoms with Gasteiger partial charge in [-0.3, -0.25) is 5.41 Å². The summed E-state index contributed by atoms with van der Waals surface area (Å²) in [6.07, 6.45) is 4.91. The minimum atomic E-state index is 0.323. The second-order valence-electron chi connectivity index (χ2n) is 6.59. The van der Waals surface area contributed by atoms with Crippen LogP contribution in [0.15, 0.2) is 48.9 Å². The van der Waals surface area contributed by atoms with Crippen molar-refractivity contribution in [3.8, 4) is 17.1 Å². The zero-order chi connectivity index (χ0) is 20.2. The van der Waals surface area contributed by atoms with Gasteiger partial charge in [-0.15, -0.1) is 0 Å². The summed E-state index contributed by atoms with van der Waals surface area (Å²) in [6, 6.07) is 9.21. The largest absolute Gasteiger partial charge is 0.479 e. The van der Waals surface area contributed by atoms with Crippen molar-refractivity contribution in [3.63, 3.8) is 0 Å². The Morgan fingerprint density at radius 1 is 1.07 bits per heavy atom. The van der Waals surface area contributed by atoms with Crippen molar-refractivity contribution in [3.05, 3.63) is 60.0 Å². The van der Waals surface area contributed by atoms with Gasteiger partial charge in [0.1, 0.15) is 11.5 Å². The van der Waals surface area contributed by atoms with Crippen LogP contribution in [-0.4, -0.2) is 54.1 Å². The molecule has 3 heterocycles. The van der Waals surface area contributed by atoms with E-state index in [-0.39, 0.29) is 0 Å². The number of methoxy groups -OCH3 is 1. The molecule has 148 valence electrons. The number of hydrogen-bond donors (Lipinski definition) is 2. The summed E-state index contributed by atoms with van der Waals surface area (Å²) < 4.78 is 10.7. The number of rotatable bonds is 5. The van der Waals surface area contributed by atoms with Crippen molar-refractivity contribution in [2.75, 3.05) is 44.0 Å². The summed E-state index contributed by atoms with van der Waals surface area (Å²) in [6.45, 7) is 2.93. The van der Waals surface area contributed by atoms with Crippen molar-refractivity contribution >= 4 is 17.2 Å². The standard InChI is InChI=1S/C21H22N6O2/c1-28-21-20(25-6-7-26-21)15-2-3-17(22)16(12-15)19(23)14-4-5-24-18(13-14)27-8-10-29-11-9-27/h2-7,12-13,23H,8-11,22H2,1H3. The van der Waals surface area contributed by atoms with E-state index < -0.39 is 0 Å². The average Bonchev–Trinajstić information content (AvgIpc) is 2.79. The quantitative estimate of drug-likeness (QED) is 0.508. The minimum Gasteiger partial charge on any atom is -0.479 e. The highest BCUT2D eigenvalue weighted by molar-refractivity contribution is 6.14. The smallest absolute Gasteiger partial charge is 0.240 e. The van der Waals surface area contributed by atoms with Crippen LogP contribution in [0.25, 0.3) is 11.3 Å². The number of aromatic nitrogens is 3. The molecular weight excluding hydrogens is 368 g/mol. The molecule has 1 saturated heterocycles. The molecule has 3 aromatic rings. The van der Waals surface area contributed by atoms with Gasteiger partial charge in [0.25, 0.3) is 0 Å². The Bertz CT molecular complexity index is 1030. The molecule has 0 radical (unpaired) electrons. The van der Waals surface area contributed by atoms with Gasteiger partial charge in [0.15, 0.2) is 0 Å². The number of nitrogen functional groups attached to an aromatic ring is 1. The fourth-order valence-corrected chi connectivity index (χ4v) is 3.29. The third-order valence-corrected chi connectivity index (χ3v) is 4.82. The number of ether oxygens (including phenoxy) is 2. The van der Waals surface area contributed by atoms with Crippen molar-refractivity contribution in [1.29, 1.82) is 5.41 Å². The number of nitrogens with two attached hydrogens (primary N) is 1. The second-order valence-corrected chi connectivity index (χ2v) is 6.59. The van der Waals surface area contributed by atoms with E-state index in [2.05, 4.69) is 19.9 Å². The lowest BCUT2D eigenvalue weighted by atomic mass is 9.98. The summed E-state index contributed by atoms with van der Waals surface area (Å²) in [5.74, 6) is 1.26. The Kier molecular flexibility index (Phi) is 5.35. The summed E-state index contributed by atoms with van der Waals surface area (Å²) in [4.78, 5) is 15.2. The van der Waals surface area contributed by atoms with E-state index in [9.17, 15) is 0 Å². The Hall–Kier alpha value is -3.52. The summed E-state index contributed by atoms with van der Waals surface area (Å²) in [7, 11) is 1.55. The van der Waals surface area contributed by atoms with Crippen LogP contribution < -0.4 is 15.4 Å². The van der Waals surface area contributed by atoms with Crippen molar-refractivity contribution in [2.24, 2.45) is 0 Å². The summed E-state index contributed by atoms with van der Waals surface area (Å²) in [5, 5.41) is 8.76. The maximum atomic E-state index is 8.76. The SMILES string of the molecule is COc1nccnc1-c1ccc(N)c(C(=N)c2ccnc(N3CCOCC3)c2)c1. The molecule has 0 unspecified atom stereocenters. The summed E-state index contributed by atoms with van der Waals surface area (Å²) >= 11 is 0. The van der Waals surface area contributed by atoms with Gasteiger partial charge >= 0.3 is 0 Å². The van der Waals surface area contributed by atoms with Gasteiger partial charge in [-0.25, -0.2) is 15.0 Å². The average molecular weight is 390 g/mol. The molecule has 0 aliphatic carbocycles. The molecule has 8 nitrogen and oxygen atoms in total. The molecule has 1 aliphatic heterocycles. The van der Waals surface area contributed by atoms with E-state index in [1.165, 1.54) is 0 Å². The molecule has 1 aromatic carbocycles. The van der Waals surface area contributed by atoms with Crippen LogP contribution >= 0.6 is 0 Å². The van der Waals surface area contributed by atoms with E-state index in [1.54, 1.807) is 31.8 Å². The number of pyridine rings is 1. The number of benzene rings is 1. The molecule has 0 saturated carbocycles. The molecule has 0 amide bonds. The van der Waals surface area contributed by atoms with Crippen molar-refractivity contribution in [2.45, 2.75) is 0 Å². The predicted octanol–water partition coefficient (Wildman–Crippen LogP) is 2.38. The van der Waals surface area contributed by atoms with Crippen LogP contribution in [0.5, 0.6) is 5.88 Å². The molecule has 0 atom stereocenters. The highest BCUT2D eigenvalue weighted by Crippen LogP contribution is 2.29. The number of anilines is 2. The fourth-order valence-electron chi connectivity index (χ4n) is 3.29. The van der Waals surface area contributed by atoms with Gasteiger partial charge in [0.05, 0.1) is 26.0 Å². The minimum absolute atomic E-state index is 0.323. The van der Waals surface area contributed by atoms with Gasteiger partial charge in [-0.05, 0) is 24.3 Å². The van der Waals surface area contributed by atoms with Crippen LogP contribution in [0.4, 0.5) is 11.5 Å². The Morgan fingerprint density at radius 3 is 2.66 bits per heavy atom. The predicted molar refractivity (Wildman–Crippen MR) is 112 cm³/mol. The first-order valence-corrected chi connectivity index (χ1v) is 9.30.